The smallest absolute Gasteiger partial charge is 0.243 e. The van der Waals surface area contributed by atoms with E-state index in [1.54, 1.807) is 12.1 Å². The summed E-state index contributed by atoms with van der Waals surface area (Å²) in [5, 5.41) is 4.41. The van der Waals surface area contributed by atoms with Crippen molar-refractivity contribution < 1.29 is 13.2 Å². The van der Waals surface area contributed by atoms with E-state index in [-0.39, 0.29) is 6.04 Å². The summed E-state index contributed by atoms with van der Waals surface area (Å²) in [7, 11) is -3.47. The Morgan fingerprint density at radius 3 is 2.59 bits per heavy atom. The minimum atomic E-state index is -3.47. The van der Waals surface area contributed by atoms with Crippen LogP contribution < -0.4 is 5.32 Å². The number of anilines is 1. The zero-order valence-electron chi connectivity index (χ0n) is 15.9. The Morgan fingerprint density at radius 1 is 1.07 bits per heavy atom. The number of morpholine rings is 1. The second-order valence-electron chi connectivity index (χ2n) is 7.79. The monoisotopic (exact) mass is 430 g/mol. The first-order chi connectivity index (χ1) is 14.0. The highest BCUT2D eigenvalue weighted by Gasteiger charge is 2.38. The molecule has 0 aromatic heterocycles. The molecule has 5 nitrogen and oxygen atoms in total. The van der Waals surface area contributed by atoms with Crippen molar-refractivity contribution in [2.45, 2.75) is 23.3 Å². The average molecular weight is 431 g/mol. The van der Waals surface area contributed by atoms with Gasteiger partial charge >= 0.3 is 0 Å². The van der Waals surface area contributed by atoms with Gasteiger partial charge in [-0.2, -0.15) is 4.31 Å². The maximum absolute atomic E-state index is 12.9. The van der Waals surface area contributed by atoms with Crippen LogP contribution in [-0.2, 0) is 14.8 Å². The van der Waals surface area contributed by atoms with Gasteiger partial charge in [-0.15, -0.1) is 0 Å². The van der Waals surface area contributed by atoms with Crippen LogP contribution in [0.1, 0.15) is 29.5 Å². The summed E-state index contributed by atoms with van der Waals surface area (Å²) in [5.41, 5.74) is 3.43. The van der Waals surface area contributed by atoms with Gasteiger partial charge in [-0.05, 0) is 53.8 Å². The number of hydrogen-bond acceptors (Lipinski definition) is 4. The second-order valence-corrected chi connectivity index (χ2v) is 10.2. The normalized spacial score (nSPS) is 26.6. The average Bonchev–Trinajstić information content (AvgIpc) is 3.24. The second kappa shape index (κ2) is 7.43. The Balaban J connectivity index is 1.44. The SMILES string of the molecule is O=S(=O)(c1ccc(C2Nc3ccc(Cl)cc3C3C=CCC32)cc1)N1CCOCC1. The highest BCUT2D eigenvalue weighted by Crippen LogP contribution is 2.50. The summed E-state index contributed by atoms with van der Waals surface area (Å²) in [6.07, 6.45) is 5.49. The maximum atomic E-state index is 12.9. The summed E-state index contributed by atoms with van der Waals surface area (Å²) in [6.45, 7) is 1.71. The van der Waals surface area contributed by atoms with Crippen LogP contribution >= 0.6 is 11.6 Å². The number of allylic oxidation sites excluding steroid dienone is 2. The molecule has 3 aliphatic rings. The molecule has 1 saturated heterocycles. The molecule has 0 spiro atoms. The molecule has 1 aliphatic carbocycles. The van der Waals surface area contributed by atoms with Crippen molar-refractivity contribution in [3.8, 4) is 0 Å². The molecule has 2 aromatic carbocycles. The van der Waals surface area contributed by atoms with Crippen molar-refractivity contribution in [2.24, 2.45) is 5.92 Å². The van der Waals surface area contributed by atoms with E-state index < -0.39 is 10.0 Å². The lowest BCUT2D eigenvalue weighted by Gasteiger charge is -2.37. The van der Waals surface area contributed by atoms with Gasteiger partial charge in [0, 0.05) is 29.7 Å². The van der Waals surface area contributed by atoms with E-state index in [2.05, 4.69) is 17.5 Å². The van der Waals surface area contributed by atoms with E-state index in [1.807, 2.05) is 30.3 Å². The maximum Gasteiger partial charge on any atom is 0.243 e. The molecule has 152 valence electrons. The van der Waals surface area contributed by atoms with Gasteiger partial charge in [0.15, 0.2) is 0 Å². The van der Waals surface area contributed by atoms with Gasteiger partial charge in [0.1, 0.15) is 0 Å². The van der Waals surface area contributed by atoms with Gasteiger partial charge < -0.3 is 10.1 Å². The van der Waals surface area contributed by atoms with E-state index >= 15 is 0 Å². The van der Waals surface area contributed by atoms with E-state index in [0.29, 0.717) is 43.0 Å². The lowest BCUT2D eigenvalue weighted by atomic mass is 9.77. The highest BCUT2D eigenvalue weighted by molar-refractivity contribution is 7.89. The highest BCUT2D eigenvalue weighted by atomic mass is 35.5. The topological polar surface area (TPSA) is 58.6 Å². The van der Waals surface area contributed by atoms with Crippen LogP contribution in [0.3, 0.4) is 0 Å². The Kier molecular flexibility index (Phi) is 4.90. The van der Waals surface area contributed by atoms with Gasteiger partial charge in [0.05, 0.1) is 24.2 Å². The third kappa shape index (κ3) is 3.38. The fourth-order valence-electron chi connectivity index (χ4n) is 4.68. The largest absolute Gasteiger partial charge is 0.379 e. The van der Waals surface area contributed by atoms with Gasteiger partial charge in [-0.25, -0.2) is 8.42 Å². The van der Waals surface area contributed by atoms with E-state index in [0.717, 1.165) is 22.7 Å². The number of hydrogen-bond donors (Lipinski definition) is 1. The molecule has 0 bridgehead atoms. The number of benzene rings is 2. The first kappa shape index (κ1) is 19.1. The summed E-state index contributed by atoms with van der Waals surface area (Å²) < 4.78 is 32.5. The van der Waals surface area contributed by atoms with Crippen molar-refractivity contribution in [3.05, 3.63) is 70.8 Å². The zero-order chi connectivity index (χ0) is 20.0. The van der Waals surface area contributed by atoms with Crippen LogP contribution in [0.2, 0.25) is 5.02 Å². The molecule has 1 N–H and O–H groups in total. The predicted molar refractivity (Wildman–Crippen MR) is 114 cm³/mol. The Hall–Kier alpha value is -1.86. The number of sulfonamides is 1. The fraction of sp³-hybridized carbons (Fsp3) is 0.364. The standard InChI is InChI=1S/C22H23ClN2O3S/c23-16-6-9-21-20(14-16)18-2-1-3-19(18)22(24-21)15-4-7-17(8-5-15)29(26,27)25-10-12-28-13-11-25/h1-2,4-9,14,18-19,22,24H,3,10-13H2. The van der Waals surface area contributed by atoms with Crippen LogP contribution in [-0.4, -0.2) is 39.0 Å². The molecule has 2 aliphatic heterocycles. The van der Waals surface area contributed by atoms with Crippen LogP contribution in [0.25, 0.3) is 0 Å². The molecule has 0 saturated carbocycles. The number of halogens is 1. The van der Waals surface area contributed by atoms with Crippen molar-refractivity contribution in [1.82, 2.24) is 4.31 Å². The lowest BCUT2D eigenvalue weighted by molar-refractivity contribution is 0.0730. The summed E-state index contributed by atoms with van der Waals surface area (Å²) >= 11 is 6.22. The van der Waals surface area contributed by atoms with Crippen LogP contribution in [0.15, 0.2) is 59.5 Å². The number of rotatable bonds is 3. The van der Waals surface area contributed by atoms with Crippen molar-refractivity contribution in [2.75, 3.05) is 31.6 Å². The van der Waals surface area contributed by atoms with Crippen LogP contribution in [0, 0.1) is 5.92 Å². The molecule has 1 fully saturated rings. The minimum absolute atomic E-state index is 0.129. The van der Waals surface area contributed by atoms with Crippen molar-refractivity contribution >= 4 is 27.3 Å². The van der Waals surface area contributed by atoms with Gasteiger partial charge in [0.25, 0.3) is 0 Å². The van der Waals surface area contributed by atoms with Gasteiger partial charge in [-0.3, -0.25) is 0 Å². The van der Waals surface area contributed by atoms with Crippen molar-refractivity contribution in [3.63, 3.8) is 0 Å². The third-order valence-electron chi connectivity index (χ3n) is 6.17. The molecule has 2 aromatic rings. The summed E-state index contributed by atoms with van der Waals surface area (Å²) in [4.78, 5) is 0.340. The van der Waals surface area contributed by atoms with Crippen LogP contribution in [0.4, 0.5) is 5.69 Å². The fourth-order valence-corrected chi connectivity index (χ4v) is 6.27. The molecular weight excluding hydrogens is 408 g/mol. The molecule has 29 heavy (non-hydrogen) atoms. The predicted octanol–water partition coefficient (Wildman–Crippen LogP) is 4.19. The molecular formula is C22H23ClN2O3S. The number of nitrogens with one attached hydrogen (secondary N) is 1. The van der Waals surface area contributed by atoms with Crippen molar-refractivity contribution in [1.29, 1.82) is 0 Å². The van der Waals surface area contributed by atoms with Gasteiger partial charge in [-0.1, -0.05) is 35.9 Å². The zero-order valence-corrected chi connectivity index (χ0v) is 17.5. The Bertz CT molecular complexity index is 1050. The first-order valence-corrected chi connectivity index (χ1v) is 11.8. The van der Waals surface area contributed by atoms with E-state index in [4.69, 9.17) is 16.3 Å². The molecule has 3 atom stereocenters. The third-order valence-corrected chi connectivity index (χ3v) is 8.32. The quantitative estimate of drug-likeness (QED) is 0.742. The summed E-state index contributed by atoms with van der Waals surface area (Å²) in [5.74, 6) is 0.717. The van der Waals surface area contributed by atoms with Crippen LogP contribution in [0.5, 0.6) is 0 Å². The minimum Gasteiger partial charge on any atom is -0.379 e. The lowest BCUT2D eigenvalue weighted by Crippen LogP contribution is -2.40. The number of fused-ring (bicyclic) bond motifs is 3. The number of nitrogens with zero attached hydrogens (tertiary/aromatic N) is 1. The summed E-state index contributed by atoms with van der Waals surface area (Å²) in [6, 6.07) is 13.5. The number of ether oxygens (including phenoxy) is 1. The Labute approximate surface area is 176 Å². The van der Waals surface area contributed by atoms with E-state index in [9.17, 15) is 8.42 Å². The molecule has 0 amide bonds. The Morgan fingerprint density at radius 2 is 1.83 bits per heavy atom. The molecule has 5 rings (SSSR count). The molecule has 0 radical (unpaired) electrons. The van der Waals surface area contributed by atoms with Gasteiger partial charge in [0.2, 0.25) is 10.0 Å². The molecule has 2 heterocycles. The first-order valence-electron chi connectivity index (χ1n) is 9.94. The van der Waals surface area contributed by atoms with E-state index in [1.165, 1.54) is 9.87 Å². The molecule has 3 unspecified atom stereocenters. The molecule has 7 heteroatoms.